The van der Waals surface area contributed by atoms with E-state index in [0.717, 1.165) is 18.0 Å². The highest BCUT2D eigenvalue weighted by atomic mass is 16.3. The van der Waals surface area contributed by atoms with Crippen LogP contribution in [0.2, 0.25) is 0 Å². The fraction of sp³-hybridized carbons (Fsp3) is 0.625. The van der Waals surface area contributed by atoms with Crippen LogP contribution in [0, 0.1) is 5.92 Å². The van der Waals surface area contributed by atoms with E-state index in [9.17, 15) is 5.11 Å². The number of benzene rings is 1. The van der Waals surface area contributed by atoms with Gasteiger partial charge in [-0.05, 0) is 25.3 Å². The van der Waals surface area contributed by atoms with Crippen molar-refractivity contribution in [1.82, 2.24) is 5.32 Å². The maximum atomic E-state index is 9.70. The molecule has 0 amide bonds. The van der Waals surface area contributed by atoms with Gasteiger partial charge in [0.05, 0.1) is 0 Å². The third kappa shape index (κ3) is 4.02. The summed E-state index contributed by atoms with van der Waals surface area (Å²) in [6, 6.07) is 8.11. The van der Waals surface area contributed by atoms with Crippen molar-refractivity contribution in [3.63, 3.8) is 0 Å². The van der Waals surface area contributed by atoms with Gasteiger partial charge in [0.1, 0.15) is 5.75 Å². The number of rotatable bonds is 5. The van der Waals surface area contributed by atoms with Crippen molar-refractivity contribution in [2.45, 2.75) is 58.0 Å². The minimum Gasteiger partial charge on any atom is -0.508 e. The van der Waals surface area contributed by atoms with E-state index >= 15 is 0 Å². The summed E-state index contributed by atoms with van der Waals surface area (Å²) >= 11 is 0. The van der Waals surface area contributed by atoms with E-state index in [-0.39, 0.29) is 0 Å². The molecule has 2 N–H and O–H groups in total. The zero-order valence-corrected chi connectivity index (χ0v) is 11.4. The van der Waals surface area contributed by atoms with Crippen LogP contribution >= 0.6 is 0 Å². The number of nitrogens with one attached hydrogen (secondary N) is 1. The largest absolute Gasteiger partial charge is 0.508 e. The second-order valence-corrected chi connectivity index (χ2v) is 5.65. The van der Waals surface area contributed by atoms with Crippen molar-refractivity contribution in [3.8, 4) is 5.75 Å². The van der Waals surface area contributed by atoms with Crippen molar-refractivity contribution >= 4 is 0 Å². The zero-order valence-electron chi connectivity index (χ0n) is 11.4. The summed E-state index contributed by atoms with van der Waals surface area (Å²) in [5.74, 6) is 1.31. The van der Waals surface area contributed by atoms with Crippen LogP contribution in [-0.2, 0) is 6.54 Å². The van der Waals surface area contributed by atoms with Gasteiger partial charge in [0, 0.05) is 18.2 Å². The van der Waals surface area contributed by atoms with E-state index in [2.05, 4.69) is 12.2 Å². The zero-order chi connectivity index (χ0) is 12.8. The summed E-state index contributed by atoms with van der Waals surface area (Å²) < 4.78 is 0. The van der Waals surface area contributed by atoms with Gasteiger partial charge >= 0.3 is 0 Å². The van der Waals surface area contributed by atoms with Crippen LogP contribution in [0.4, 0.5) is 0 Å². The van der Waals surface area contributed by atoms with Crippen molar-refractivity contribution in [1.29, 1.82) is 0 Å². The Hall–Kier alpha value is -1.02. The first-order valence-electron chi connectivity index (χ1n) is 7.26. The summed E-state index contributed by atoms with van der Waals surface area (Å²) in [4.78, 5) is 0. The van der Waals surface area contributed by atoms with Gasteiger partial charge in [0.2, 0.25) is 0 Å². The molecule has 2 nitrogen and oxygen atoms in total. The lowest BCUT2D eigenvalue weighted by Crippen LogP contribution is -2.28. The van der Waals surface area contributed by atoms with Crippen LogP contribution in [0.15, 0.2) is 24.3 Å². The molecule has 1 atom stereocenters. The summed E-state index contributed by atoms with van der Waals surface area (Å²) in [5.41, 5.74) is 0.994. The van der Waals surface area contributed by atoms with E-state index in [1.807, 2.05) is 18.2 Å². The van der Waals surface area contributed by atoms with Gasteiger partial charge in [0.15, 0.2) is 0 Å². The summed E-state index contributed by atoms with van der Waals surface area (Å²) in [6.07, 6.45) is 8.34. The molecule has 1 aliphatic rings. The Bertz CT molecular complexity index is 358. The Morgan fingerprint density at radius 1 is 1.22 bits per heavy atom. The molecule has 100 valence electrons. The van der Waals surface area contributed by atoms with E-state index in [0.29, 0.717) is 11.8 Å². The molecule has 2 heteroatoms. The minimum absolute atomic E-state index is 0.398. The number of hydrogen-bond donors (Lipinski definition) is 2. The first-order valence-corrected chi connectivity index (χ1v) is 7.26. The summed E-state index contributed by atoms with van der Waals surface area (Å²) in [7, 11) is 0. The predicted molar refractivity (Wildman–Crippen MR) is 75.6 cm³/mol. The average Bonchev–Trinajstić information content (AvgIpc) is 2.39. The van der Waals surface area contributed by atoms with Gasteiger partial charge in [-0.2, -0.15) is 0 Å². The molecule has 18 heavy (non-hydrogen) atoms. The normalized spacial score (nSPS) is 18.7. The van der Waals surface area contributed by atoms with Crippen LogP contribution in [-0.4, -0.2) is 11.1 Å². The Morgan fingerprint density at radius 2 is 1.94 bits per heavy atom. The van der Waals surface area contributed by atoms with Crippen LogP contribution in [0.25, 0.3) is 0 Å². The van der Waals surface area contributed by atoms with Crippen LogP contribution in [0.1, 0.15) is 51.0 Å². The molecule has 0 aliphatic heterocycles. The number of aromatic hydroxyl groups is 1. The molecule has 1 saturated carbocycles. The van der Waals surface area contributed by atoms with Gasteiger partial charge in [-0.1, -0.05) is 50.3 Å². The maximum Gasteiger partial charge on any atom is 0.120 e. The second-order valence-electron chi connectivity index (χ2n) is 5.65. The van der Waals surface area contributed by atoms with Crippen molar-refractivity contribution < 1.29 is 5.11 Å². The molecule has 1 aromatic rings. The number of phenolic OH excluding ortho intramolecular Hbond substituents is 1. The first-order chi connectivity index (χ1) is 8.75. The SMILES string of the molecule is C[C@@H](CC1CCCCC1)NCc1ccccc1O. The third-order valence-corrected chi connectivity index (χ3v) is 4.04. The quantitative estimate of drug-likeness (QED) is 0.828. The predicted octanol–water partition coefficient (Wildman–Crippen LogP) is 3.84. The van der Waals surface area contributed by atoms with Crippen LogP contribution < -0.4 is 5.32 Å². The lowest BCUT2D eigenvalue weighted by Gasteiger charge is -2.25. The number of phenols is 1. The highest BCUT2D eigenvalue weighted by Gasteiger charge is 2.16. The molecule has 0 heterocycles. The van der Waals surface area contributed by atoms with E-state index < -0.39 is 0 Å². The number of para-hydroxylation sites is 1. The molecule has 0 spiro atoms. The first kappa shape index (κ1) is 13.4. The molecule has 0 radical (unpaired) electrons. The van der Waals surface area contributed by atoms with Crippen LogP contribution in [0.3, 0.4) is 0 Å². The van der Waals surface area contributed by atoms with Crippen molar-refractivity contribution in [2.24, 2.45) is 5.92 Å². The third-order valence-electron chi connectivity index (χ3n) is 4.04. The van der Waals surface area contributed by atoms with Crippen molar-refractivity contribution in [3.05, 3.63) is 29.8 Å². The summed E-state index contributed by atoms with van der Waals surface area (Å²) in [5, 5.41) is 13.2. The second kappa shape index (κ2) is 6.79. The lowest BCUT2D eigenvalue weighted by atomic mass is 9.85. The molecule has 1 fully saturated rings. The van der Waals surface area contributed by atoms with E-state index in [4.69, 9.17) is 0 Å². The highest BCUT2D eigenvalue weighted by molar-refractivity contribution is 5.31. The molecular weight excluding hydrogens is 222 g/mol. The molecule has 1 aromatic carbocycles. The molecule has 0 unspecified atom stereocenters. The highest BCUT2D eigenvalue weighted by Crippen LogP contribution is 2.27. The van der Waals surface area contributed by atoms with Crippen molar-refractivity contribution in [2.75, 3.05) is 0 Å². The van der Waals surface area contributed by atoms with Gasteiger partial charge in [-0.15, -0.1) is 0 Å². The maximum absolute atomic E-state index is 9.70. The molecule has 2 rings (SSSR count). The lowest BCUT2D eigenvalue weighted by molar-refractivity contribution is 0.304. The molecule has 0 aromatic heterocycles. The fourth-order valence-electron chi connectivity index (χ4n) is 2.95. The van der Waals surface area contributed by atoms with Gasteiger partial charge in [-0.25, -0.2) is 0 Å². The smallest absolute Gasteiger partial charge is 0.120 e. The number of hydrogen-bond acceptors (Lipinski definition) is 2. The van der Waals surface area contributed by atoms with Gasteiger partial charge in [-0.3, -0.25) is 0 Å². The Balaban J connectivity index is 1.74. The average molecular weight is 247 g/mol. The molecule has 1 aliphatic carbocycles. The Morgan fingerprint density at radius 3 is 2.67 bits per heavy atom. The minimum atomic E-state index is 0.398. The summed E-state index contributed by atoms with van der Waals surface area (Å²) in [6.45, 7) is 3.02. The monoisotopic (exact) mass is 247 g/mol. The Labute approximate surface area is 110 Å². The molecule has 0 bridgehead atoms. The van der Waals surface area contributed by atoms with Gasteiger partial charge < -0.3 is 10.4 Å². The van der Waals surface area contributed by atoms with E-state index in [1.165, 1.54) is 38.5 Å². The van der Waals surface area contributed by atoms with E-state index in [1.54, 1.807) is 6.07 Å². The Kier molecular flexibility index (Phi) is 5.06. The fourth-order valence-corrected chi connectivity index (χ4v) is 2.95. The topological polar surface area (TPSA) is 32.3 Å². The standard InChI is InChI=1S/C16H25NO/c1-13(11-14-7-3-2-4-8-14)17-12-15-9-5-6-10-16(15)18/h5-6,9-10,13-14,17-18H,2-4,7-8,11-12H2,1H3/t13-/m0/s1. The van der Waals surface area contributed by atoms with Gasteiger partial charge in [0.25, 0.3) is 0 Å². The van der Waals surface area contributed by atoms with Crippen LogP contribution in [0.5, 0.6) is 5.75 Å². The molecule has 0 saturated heterocycles. The molecular formula is C16H25NO.